The molecule has 0 radical (unpaired) electrons. The molecule has 0 spiro atoms. The maximum atomic E-state index is 12.3. The van der Waals surface area contributed by atoms with Gasteiger partial charge in [0.1, 0.15) is 31.1 Å². The van der Waals surface area contributed by atoms with Crippen molar-refractivity contribution in [3.05, 3.63) is 36.3 Å². The minimum Gasteiger partial charge on any atom is -0.486 e. The molecule has 7 nitrogen and oxygen atoms in total. The number of fused-ring (bicyclic) bond motifs is 1. The van der Waals surface area contributed by atoms with Gasteiger partial charge in [0.05, 0.1) is 0 Å². The highest BCUT2D eigenvalue weighted by atomic mass is 16.6. The number of ether oxygens (including phenoxy) is 2. The van der Waals surface area contributed by atoms with Gasteiger partial charge in [0.2, 0.25) is 0 Å². The van der Waals surface area contributed by atoms with Crippen molar-refractivity contribution >= 4 is 17.4 Å². The van der Waals surface area contributed by atoms with E-state index in [1.165, 1.54) is 6.33 Å². The fourth-order valence-electron chi connectivity index (χ4n) is 2.31. The Morgan fingerprint density at radius 2 is 1.91 bits per heavy atom. The molecule has 2 aromatic rings. The second-order valence-corrected chi connectivity index (χ2v) is 5.52. The van der Waals surface area contributed by atoms with Crippen molar-refractivity contribution in [2.24, 2.45) is 0 Å². The van der Waals surface area contributed by atoms with E-state index in [2.05, 4.69) is 20.6 Å². The summed E-state index contributed by atoms with van der Waals surface area (Å²) in [4.78, 5) is 20.5. The number of nitrogens with one attached hydrogen (secondary N) is 2. The summed E-state index contributed by atoms with van der Waals surface area (Å²) in [6.45, 7) is 1.04. The first-order chi connectivity index (χ1) is 11.3. The lowest BCUT2D eigenvalue weighted by Gasteiger charge is -2.19. The number of carbonyl (C=O) groups excluding carboxylic acids is 1. The van der Waals surface area contributed by atoms with Crippen LogP contribution in [0, 0.1) is 0 Å². The SMILES string of the molecule is O=C(Nc1ccc2c(c1)OCCO2)c1cc(NC2CC2)ncn1. The monoisotopic (exact) mass is 312 g/mol. The first-order valence-electron chi connectivity index (χ1n) is 7.57. The predicted molar refractivity (Wildman–Crippen MR) is 84.1 cm³/mol. The molecule has 1 aliphatic heterocycles. The minimum atomic E-state index is -0.289. The summed E-state index contributed by atoms with van der Waals surface area (Å²) in [5, 5.41) is 6.06. The average Bonchev–Trinajstić information content (AvgIpc) is 3.39. The predicted octanol–water partition coefficient (Wildman–Crippen LogP) is 2.07. The van der Waals surface area contributed by atoms with Crippen molar-refractivity contribution in [3.8, 4) is 11.5 Å². The molecule has 0 atom stereocenters. The van der Waals surface area contributed by atoms with Crippen LogP contribution >= 0.6 is 0 Å². The third-order valence-corrected chi connectivity index (χ3v) is 3.63. The van der Waals surface area contributed by atoms with Gasteiger partial charge in [0, 0.05) is 23.9 Å². The van der Waals surface area contributed by atoms with E-state index in [1.807, 2.05) is 0 Å². The van der Waals surface area contributed by atoms with Crippen LogP contribution < -0.4 is 20.1 Å². The molecular weight excluding hydrogens is 296 g/mol. The third-order valence-electron chi connectivity index (χ3n) is 3.63. The average molecular weight is 312 g/mol. The summed E-state index contributed by atoms with van der Waals surface area (Å²) in [6, 6.07) is 7.43. The van der Waals surface area contributed by atoms with Gasteiger partial charge in [-0.1, -0.05) is 0 Å². The Morgan fingerprint density at radius 3 is 2.74 bits per heavy atom. The van der Waals surface area contributed by atoms with Gasteiger partial charge < -0.3 is 20.1 Å². The molecule has 1 aliphatic carbocycles. The Bertz CT molecular complexity index is 746. The summed E-state index contributed by atoms with van der Waals surface area (Å²) >= 11 is 0. The molecular formula is C16H16N4O3. The molecule has 1 saturated carbocycles. The summed E-state index contributed by atoms with van der Waals surface area (Å²) in [5.41, 5.74) is 0.951. The van der Waals surface area contributed by atoms with Crippen molar-refractivity contribution in [3.63, 3.8) is 0 Å². The quantitative estimate of drug-likeness (QED) is 0.899. The summed E-state index contributed by atoms with van der Waals surface area (Å²) in [7, 11) is 0. The van der Waals surface area contributed by atoms with Crippen molar-refractivity contribution in [1.29, 1.82) is 0 Å². The Hall–Kier alpha value is -2.83. The van der Waals surface area contributed by atoms with Crippen LogP contribution in [0.25, 0.3) is 0 Å². The van der Waals surface area contributed by atoms with Crippen LogP contribution in [0.3, 0.4) is 0 Å². The Kier molecular flexibility index (Phi) is 3.45. The van der Waals surface area contributed by atoms with E-state index >= 15 is 0 Å². The van der Waals surface area contributed by atoms with E-state index in [0.29, 0.717) is 48.0 Å². The van der Waals surface area contributed by atoms with E-state index in [-0.39, 0.29) is 5.91 Å². The molecule has 4 rings (SSSR count). The topological polar surface area (TPSA) is 85.4 Å². The second kappa shape index (κ2) is 5.75. The fourth-order valence-corrected chi connectivity index (χ4v) is 2.31. The zero-order chi connectivity index (χ0) is 15.6. The van der Waals surface area contributed by atoms with Gasteiger partial charge in [-0.2, -0.15) is 0 Å². The van der Waals surface area contributed by atoms with Crippen LogP contribution in [0.5, 0.6) is 11.5 Å². The molecule has 1 aromatic carbocycles. The molecule has 1 aromatic heterocycles. The number of nitrogens with zero attached hydrogens (tertiary/aromatic N) is 2. The van der Waals surface area contributed by atoms with Crippen LogP contribution in [-0.2, 0) is 0 Å². The molecule has 118 valence electrons. The normalized spacial score (nSPS) is 15.8. The number of rotatable bonds is 4. The van der Waals surface area contributed by atoms with Crippen LogP contribution in [0.2, 0.25) is 0 Å². The molecule has 0 saturated heterocycles. The number of aromatic nitrogens is 2. The van der Waals surface area contributed by atoms with Crippen molar-refractivity contribution in [2.75, 3.05) is 23.8 Å². The van der Waals surface area contributed by atoms with Gasteiger partial charge in [-0.15, -0.1) is 0 Å². The van der Waals surface area contributed by atoms with Gasteiger partial charge in [-0.3, -0.25) is 4.79 Å². The van der Waals surface area contributed by atoms with Crippen molar-refractivity contribution < 1.29 is 14.3 Å². The van der Waals surface area contributed by atoms with E-state index in [4.69, 9.17) is 9.47 Å². The maximum Gasteiger partial charge on any atom is 0.274 e. The summed E-state index contributed by atoms with van der Waals surface area (Å²) in [6.07, 6.45) is 3.68. The molecule has 2 aliphatic rings. The number of amides is 1. The van der Waals surface area contributed by atoms with Crippen LogP contribution in [0.1, 0.15) is 23.3 Å². The largest absolute Gasteiger partial charge is 0.486 e. The van der Waals surface area contributed by atoms with Gasteiger partial charge in [0.15, 0.2) is 11.5 Å². The smallest absolute Gasteiger partial charge is 0.274 e. The molecule has 0 bridgehead atoms. The maximum absolute atomic E-state index is 12.3. The molecule has 2 heterocycles. The number of hydrogen-bond donors (Lipinski definition) is 2. The van der Waals surface area contributed by atoms with E-state index in [9.17, 15) is 4.79 Å². The van der Waals surface area contributed by atoms with Crippen LogP contribution in [-0.4, -0.2) is 35.1 Å². The lowest BCUT2D eigenvalue weighted by Crippen LogP contribution is -2.17. The number of hydrogen-bond acceptors (Lipinski definition) is 6. The van der Waals surface area contributed by atoms with Crippen LogP contribution in [0.15, 0.2) is 30.6 Å². The molecule has 1 amide bonds. The molecule has 1 fully saturated rings. The molecule has 0 unspecified atom stereocenters. The lowest BCUT2D eigenvalue weighted by molar-refractivity contribution is 0.102. The second-order valence-electron chi connectivity index (χ2n) is 5.52. The zero-order valence-electron chi connectivity index (χ0n) is 12.4. The zero-order valence-corrected chi connectivity index (χ0v) is 12.4. The highest BCUT2D eigenvalue weighted by molar-refractivity contribution is 6.03. The van der Waals surface area contributed by atoms with E-state index in [1.54, 1.807) is 24.3 Å². The van der Waals surface area contributed by atoms with Gasteiger partial charge in [-0.25, -0.2) is 9.97 Å². The number of benzene rings is 1. The van der Waals surface area contributed by atoms with Crippen LogP contribution in [0.4, 0.5) is 11.5 Å². The number of carbonyl (C=O) groups is 1. The standard InChI is InChI=1S/C16H16N4O3/c21-16(12-8-15(18-9-17-12)19-10-1-2-10)20-11-3-4-13-14(7-11)23-6-5-22-13/h3-4,7-10H,1-2,5-6H2,(H,20,21)(H,17,18,19). The third kappa shape index (κ3) is 3.18. The van der Waals surface area contributed by atoms with Gasteiger partial charge in [0.25, 0.3) is 5.91 Å². The Labute approximate surface area is 133 Å². The number of anilines is 2. The first kappa shape index (κ1) is 13.8. The summed E-state index contributed by atoms with van der Waals surface area (Å²) < 4.78 is 11.0. The molecule has 7 heteroatoms. The van der Waals surface area contributed by atoms with E-state index in [0.717, 1.165) is 12.8 Å². The van der Waals surface area contributed by atoms with Crippen molar-refractivity contribution in [2.45, 2.75) is 18.9 Å². The molecule has 2 N–H and O–H groups in total. The fraction of sp³-hybridized carbons (Fsp3) is 0.312. The Balaban J connectivity index is 1.48. The Morgan fingerprint density at radius 1 is 1.09 bits per heavy atom. The highest BCUT2D eigenvalue weighted by Crippen LogP contribution is 2.32. The molecule has 23 heavy (non-hydrogen) atoms. The lowest BCUT2D eigenvalue weighted by atomic mass is 10.2. The summed E-state index contributed by atoms with van der Waals surface area (Å²) in [5.74, 6) is 1.71. The minimum absolute atomic E-state index is 0.289. The van der Waals surface area contributed by atoms with Crippen molar-refractivity contribution in [1.82, 2.24) is 9.97 Å². The van der Waals surface area contributed by atoms with Gasteiger partial charge in [-0.05, 0) is 25.0 Å². The highest BCUT2D eigenvalue weighted by Gasteiger charge is 2.22. The first-order valence-corrected chi connectivity index (χ1v) is 7.57. The van der Waals surface area contributed by atoms with E-state index < -0.39 is 0 Å². The van der Waals surface area contributed by atoms with Gasteiger partial charge >= 0.3 is 0 Å².